The molecule has 25 heavy (non-hydrogen) atoms. The first kappa shape index (κ1) is 20.3. The van der Waals surface area contributed by atoms with Gasteiger partial charge < -0.3 is 0 Å². The Morgan fingerprint density at radius 1 is 0.680 bits per heavy atom. The van der Waals surface area contributed by atoms with Crippen molar-refractivity contribution in [2.45, 2.75) is 32.0 Å². The molecule has 0 fully saturated rings. The van der Waals surface area contributed by atoms with Gasteiger partial charge >= 0.3 is 0 Å². The largest absolute Gasteiger partial charge is 0.237 e. The predicted octanol–water partition coefficient (Wildman–Crippen LogP) is 7.33. The van der Waals surface area contributed by atoms with Gasteiger partial charge in [0.05, 0.1) is 11.4 Å². The summed E-state index contributed by atoms with van der Waals surface area (Å²) in [5, 5.41) is -0.117. The molecule has 2 aromatic carbocycles. The van der Waals surface area contributed by atoms with Crippen LogP contribution in [0.3, 0.4) is 0 Å². The maximum absolute atomic E-state index is 6.32. The number of rotatable bonds is 4. The Morgan fingerprint density at radius 2 is 1.04 bits per heavy atom. The van der Waals surface area contributed by atoms with Crippen LogP contribution in [0, 0.1) is 27.7 Å². The number of aryl methyl sites for hydroxylation is 4. The molecule has 0 atom stereocenters. The van der Waals surface area contributed by atoms with Crippen LogP contribution in [0.1, 0.15) is 22.3 Å². The minimum absolute atomic E-state index is 0.0586. The summed E-state index contributed by atoms with van der Waals surface area (Å²) >= 11 is 25.1. The average Bonchev–Trinajstić information content (AvgIpc) is 2.54. The quantitative estimate of drug-likeness (QED) is 0.368. The van der Waals surface area contributed by atoms with Crippen molar-refractivity contribution in [3.8, 4) is 0 Å². The van der Waals surface area contributed by atoms with Gasteiger partial charge in [0.25, 0.3) is 0 Å². The molecule has 0 saturated carbocycles. The Labute approximate surface area is 168 Å². The zero-order valence-electron chi connectivity index (χ0n) is 14.4. The fourth-order valence-corrected chi connectivity index (χ4v) is 2.63. The van der Waals surface area contributed by atoms with Gasteiger partial charge in [0.1, 0.15) is 10.3 Å². The summed E-state index contributed by atoms with van der Waals surface area (Å²) in [5.74, 6) is 0. The lowest BCUT2D eigenvalue weighted by atomic mass is 10.1. The van der Waals surface area contributed by atoms with Crippen molar-refractivity contribution in [3.63, 3.8) is 0 Å². The number of hydrogen-bond acceptors (Lipinski definition) is 2. The number of hydrogen-bond donors (Lipinski definition) is 0. The number of nitrogens with zero attached hydrogens (tertiary/aromatic N) is 2. The summed E-state index contributed by atoms with van der Waals surface area (Å²) < 4.78 is -1.72. The molecule has 132 valence electrons. The van der Waals surface area contributed by atoms with E-state index in [-0.39, 0.29) is 10.3 Å². The Bertz CT molecular complexity index is 785. The molecule has 2 rings (SSSR count). The zero-order valence-corrected chi connectivity index (χ0v) is 17.4. The van der Waals surface area contributed by atoms with Crippen molar-refractivity contribution in [2.24, 2.45) is 9.98 Å². The maximum Gasteiger partial charge on any atom is 0.222 e. The van der Waals surface area contributed by atoms with Crippen molar-refractivity contribution >= 4 is 68.1 Å². The van der Waals surface area contributed by atoms with Crippen LogP contribution in [0.5, 0.6) is 0 Å². The second-order valence-corrected chi connectivity index (χ2v) is 7.96. The van der Waals surface area contributed by atoms with Gasteiger partial charge in [-0.25, -0.2) is 9.98 Å². The molecule has 6 heteroatoms. The first-order valence-corrected chi connectivity index (χ1v) is 9.14. The molecule has 0 aliphatic heterocycles. The molecule has 0 heterocycles. The second kappa shape index (κ2) is 8.09. The van der Waals surface area contributed by atoms with Crippen LogP contribution in [0.25, 0.3) is 0 Å². The van der Waals surface area contributed by atoms with Gasteiger partial charge in [-0.05, 0) is 74.2 Å². The molecular formula is C19H18Cl4N2. The van der Waals surface area contributed by atoms with Gasteiger partial charge in [0.2, 0.25) is 4.33 Å². The van der Waals surface area contributed by atoms with E-state index in [1.165, 1.54) is 0 Å². The van der Waals surface area contributed by atoms with Gasteiger partial charge in [-0.15, -0.1) is 0 Å². The summed E-state index contributed by atoms with van der Waals surface area (Å²) in [6, 6.07) is 11.4. The molecule has 2 aromatic rings. The lowest BCUT2D eigenvalue weighted by Crippen LogP contribution is -2.28. The number of halogens is 4. The van der Waals surface area contributed by atoms with Gasteiger partial charge in [-0.2, -0.15) is 0 Å². The van der Waals surface area contributed by atoms with Crippen LogP contribution < -0.4 is 0 Å². The van der Waals surface area contributed by atoms with Crippen LogP contribution in [0.2, 0.25) is 0 Å². The summed E-state index contributed by atoms with van der Waals surface area (Å²) in [4.78, 5) is 8.56. The van der Waals surface area contributed by atoms with Crippen LogP contribution in [0.4, 0.5) is 11.4 Å². The Balaban J connectivity index is 2.34. The van der Waals surface area contributed by atoms with E-state index >= 15 is 0 Å². The molecular weight excluding hydrogens is 398 g/mol. The van der Waals surface area contributed by atoms with Crippen molar-refractivity contribution in [1.29, 1.82) is 0 Å². The van der Waals surface area contributed by atoms with E-state index < -0.39 is 4.33 Å². The first-order valence-electron chi connectivity index (χ1n) is 7.63. The first-order chi connectivity index (χ1) is 11.6. The highest BCUT2D eigenvalue weighted by molar-refractivity contribution is 6.93. The molecule has 0 aliphatic rings. The topological polar surface area (TPSA) is 24.7 Å². The molecule has 0 aromatic heterocycles. The van der Waals surface area contributed by atoms with E-state index in [1.807, 2.05) is 64.1 Å². The molecule has 0 unspecified atom stereocenters. The number of benzene rings is 2. The standard InChI is InChI=1S/C19H18Cl4N2/c1-11-5-7-15(9-13(11)3)24-17(20)19(22,23)18(21)25-16-8-6-12(2)14(4)10-16/h5-10H,1-4H3/b24-17-,25-18+. The molecule has 0 radical (unpaired) electrons. The minimum atomic E-state index is -1.72. The summed E-state index contributed by atoms with van der Waals surface area (Å²) in [6.07, 6.45) is 0. The van der Waals surface area contributed by atoms with Crippen LogP contribution in [0.15, 0.2) is 46.4 Å². The molecule has 0 amide bonds. The van der Waals surface area contributed by atoms with Crippen molar-refractivity contribution in [1.82, 2.24) is 0 Å². The summed E-state index contributed by atoms with van der Waals surface area (Å²) in [7, 11) is 0. The van der Waals surface area contributed by atoms with E-state index in [4.69, 9.17) is 46.4 Å². The smallest absolute Gasteiger partial charge is 0.222 e. The predicted molar refractivity (Wildman–Crippen MR) is 112 cm³/mol. The molecule has 2 nitrogen and oxygen atoms in total. The SMILES string of the molecule is Cc1ccc(/N=C(\Cl)C(Cl)(Cl)/C(Cl)=N\c2ccc(C)c(C)c2)cc1C. The van der Waals surface area contributed by atoms with Crippen LogP contribution in [-0.2, 0) is 0 Å². The average molecular weight is 416 g/mol. The summed E-state index contributed by atoms with van der Waals surface area (Å²) in [5.41, 5.74) is 5.80. The van der Waals surface area contributed by atoms with E-state index in [2.05, 4.69) is 9.98 Å². The molecule has 0 N–H and O–H groups in total. The molecule has 0 bridgehead atoms. The minimum Gasteiger partial charge on any atom is -0.237 e. The third-order valence-electron chi connectivity index (χ3n) is 3.95. The monoisotopic (exact) mass is 414 g/mol. The van der Waals surface area contributed by atoms with Crippen molar-refractivity contribution in [3.05, 3.63) is 58.7 Å². The highest BCUT2D eigenvalue weighted by Gasteiger charge is 2.36. The molecule has 0 aliphatic carbocycles. The molecule has 0 spiro atoms. The Kier molecular flexibility index (Phi) is 6.56. The highest BCUT2D eigenvalue weighted by atomic mass is 35.5. The van der Waals surface area contributed by atoms with E-state index in [1.54, 1.807) is 0 Å². The van der Waals surface area contributed by atoms with Gasteiger partial charge in [0.15, 0.2) is 0 Å². The number of aliphatic imine (C=N–C) groups is 2. The summed E-state index contributed by atoms with van der Waals surface area (Å²) in [6.45, 7) is 8.02. The fourth-order valence-electron chi connectivity index (χ4n) is 2.04. The van der Waals surface area contributed by atoms with E-state index in [0.29, 0.717) is 11.4 Å². The van der Waals surface area contributed by atoms with Gasteiger partial charge in [-0.3, -0.25) is 0 Å². The normalized spacial score (nSPS) is 13.3. The number of alkyl halides is 2. The van der Waals surface area contributed by atoms with E-state index in [0.717, 1.165) is 22.3 Å². The van der Waals surface area contributed by atoms with Crippen LogP contribution in [-0.4, -0.2) is 14.7 Å². The maximum atomic E-state index is 6.32. The van der Waals surface area contributed by atoms with Gasteiger partial charge in [0, 0.05) is 0 Å². The van der Waals surface area contributed by atoms with Crippen LogP contribution >= 0.6 is 46.4 Å². The third kappa shape index (κ3) is 4.98. The van der Waals surface area contributed by atoms with Crippen molar-refractivity contribution < 1.29 is 0 Å². The molecule has 0 saturated heterocycles. The zero-order chi connectivity index (χ0) is 18.8. The highest BCUT2D eigenvalue weighted by Crippen LogP contribution is 2.33. The fraction of sp³-hybridized carbons (Fsp3) is 0.263. The Hall–Kier alpha value is -1.06. The Morgan fingerprint density at radius 3 is 1.36 bits per heavy atom. The van der Waals surface area contributed by atoms with Crippen molar-refractivity contribution in [2.75, 3.05) is 0 Å². The third-order valence-corrected chi connectivity index (χ3v) is 5.79. The lowest BCUT2D eigenvalue weighted by molar-refractivity contribution is 1.31. The second-order valence-electron chi connectivity index (χ2n) is 5.92. The van der Waals surface area contributed by atoms with E-state index in [9.17, 15) is 0 Å². The van der Waals surface area contributed by atoms with Gasteiger partial charge in [-0.1, -0.05) is 58.5 Å². The lowest BCUT2D eigenvalue weighted by Gasteiger charge is -2.16.